The zero-order chi connectivity index (χ0) is 21.2. The molecule has 0 bridgehead atoms. The number of benzene rings is 2. The molecular weight excluding hydrogens is 458 g/mol. The van der Waals surface area contributed by atoms with Crippen molar-refractivity contribution in [2.24, 2.45) is 0 Å². The number of hydrogen-bond donors (Lipinski definition) is 1. The predicted molar refractivity (Wildman–Crippen MR) is 113 cm³/mol. The number of nitrogens with one attached hydrogen (secondary N) is 1. The summed E-state index contributed by atoms with van der Waals surface area (Å²) < 4.78 is 27.4. The maximum Gasteiger partial charge on any atom is 0.267 e. The van der Waals surface area contributed by atoms with Gasteiger partial charge in [-0.3, -0.25) is 9.59 Å². The van der Waals surface area contributed by atoms with E-state index in [1.165, 1.54) is 12.1 Å². The number of anilines is 1. The number of amides is 1. The maximum atomic E-state index is 12.8. The van der Waals surface area contributed by atoms with Crippen molar-refractivity contribution in [2.45, 2.75) is 30.3 Å². The fraction of sp³-hybridized carbons (Fsp3) is 0.150. The van der Waals surface area contributed by atoms with Crippen molar-refractivity contribution < 1.29 is 13.2 Å². The van der Waals surface area contributed by atoms with E-state index in [0.29, 0.717) is 5.69 Å². The zero-order valence-electron chi connectivity index (χ0n) is 15.7. The van der Waals surface area contributed by atoms with Crippen molar-refractivity contribution >= 4 is 37.4 Å². The molecular formula is C20H18BrN3O4S. The lowest BCUT2D eigenvalue weighted by Gasteiger charge is -2.10. The molecule has 0 aliphatic carbocycles. The van der Waals surface area contributed by atoms with Crippen molar-refractivity contribution in [1.82, 2.24) is 9.78 Å². The lowest BCUT2D eigenvalue weighted by Crippen LogP contribution is -2.30. The Bertz CT molecular complexity index is 1250. The summed E-state index contributed by atoms with van der Waals surface area (Å²) in [6.07, 6.45) is 0. The van der Waals surface area contributed by atoms with Crippen LogP contribution in [0.25, 0.3) is 0 Å². The normalized spacial score (nSPS) is 11.3. The minimum atomic E-state index is -3.91. The first kappa shape index (κ1) is 20.9. The molecule has 1 N–H and O–H groups in total. The number of rotatable bonds is 5. The van der Waals surface area contributed by atoms with E-state index in [0.717, 1.165) is 32.4 Å². The summed E-state index contributed by atoms with van der Waals surface area (Å²) in [4.78, 5) is 24.5. The summed E-state index contributed by atoms with van der Waals surface area (Å²) in [5, 5.41) is 6.29. The van der Waals surface area contributed by atoms with Gasteiger partial charge in [0.2, 0.25) is 15.7 Å². The topological polar surface area (TPSA) is 98.1 Å². The molecule has 0 saturated carbocycles. The Hall–Kier alpha value is -2.78. The van der Waals surface area contributed by atoms with Gasteiger partial charge in [0.1, 0.15) is 6.54 Å². The Balaban J connectivity index is 1.86. The molecule has 0 radical (unpaired) electrons. The van der Waals surface area contributed by atoms with Crippen LogP contribution in [0.3, 0.4) is 0 Å². The van der Waals surface area contributed by atoms with Crippen molar-refractivity contribution in [3.8, 4) is 0 Å². The Morgan fingerprint density at radius 3 is 2.55 bits per heavy atom. The van der Waals surface area contributed by atoms with E-state index in [4.69, 9.17) is 0 Å². The second-order valence-corrected chi connectivity index (χ2v) is 9.25. The van der Waals surface area contributed by atoms with E-state index in [2.05, 4.69) is 26.3 Å². The first-order chi connectivity index (χ1) is 13.7. The van der Waals surface area contributed by atoms with Crippen LogP contribution in [0.2, 0.25) is 0 Å². The molecule has 0 spiro atoms. The van der Waals surface area contributed by atoms with Gasteiger partial charge in [-0.25, -0.2) is 13.1 Å². The van der Waals surface area contributed by atoms with Gasteiger partial charge in [0.25, 0.3) is 5.56 Å². The summed E-state index contributed by atoms with van der Waals surface area (Å²) in [6, 6.07) is 13.9. The molecule has 0 atom stereocenters. The minimum Gasteiger partial charge on any atom is -0.324 e. The molecule has 29 heavy (non-hydrogen) atoms. The molecule has 0 unspecified atom stereocenters. The monoisotopic (exact) mass is 475 g/mol. The molecule has 0 saturated heterocycles. The van der Waals surface area contributed by atoms with Gasteiger partial charge in [0.15, 0.2) is 5.03 Å². The first-order valence-corrected chi connectivity index (χ1v) is 10.9. The highest BCUT2D eigenvalue weighted by atomic mass is 79.9. The van der Waals surface area contributed by atoms with Gasteiger partial charge >= 0.3 is 0 Å². The van der Waals surface area contributed by atoms with Crippen LogP contribution in [0.4, 0.5) is 5.69 Å². The van der Waals surface area contributed by atoms with Crippen LogP contribution in [0.1, 0.15) is 11.1 Å². The number of aryl methyl sites for hydroxylation is 2. The molecule has 3 rings (SSSR count). The number of nitrogens with zero attached hydrogens (tertiary/aromatic N) is 2. The van der Waals surface area contributed by atoms with Gasteiger partial charge in [-0.05, 0) is 61.4 Å². The summed E-state index contributed by atoms with van der Waals surface area (Å²) in [7, 11) is -3.91. The van der Waals surface area contributed by atoms with Crippen LogP contribution in [0.5, 0.6) is 0 Å². The molecule has 150 valence electrons. The van der Waals surface area contributed by atoms with Gasteiger partial charge in [0.05, 0.1) is 4.90 Å². The van der Waals surface area contributed by atoms with E-state index in [1.54, 1.807) is 37.3 Å². The molecule has 0 aliphatic heterocycles. The van der Waals surface area contributed by atoms with E-state index in [-0.39, 0.29) is 9.92 Å². The molecule has 1 amide bonds. The number of carbonyl (C=O) groups excluding carboxylic acids is 1. The minimum absolute atomic E-state index is 0.0741. The maximum absolute atomic E-state index is 12.8. The van der Waals surface area contributed by atoms with Crippen molar-refractivity contribution in [3.05, 3.63) is 80.6 Å². The number of aromatic nitrogens is 2. The molecule has 2 aromatic carbocycles. The SMILES string of the molecule is Cc1cccc(S(=O)(=O)c2ccc(=O)n(CC(=O)Nc3ccc(Br)c(C)c3)n2)c1. The highest BCUT2D eigenvalue weighted by Crippen LogP contribution is 2.20. The molecule has 7 nitrogen and oxygen atoms in total. The van der Waals surface area contributed by atoms with Gasteiger partial charge in [-0.15, -0.1) is 0 Å². The third-order valence-corrected chi connectivity index (χ3v) is 6.69. The van der Waals surface area contributed by atoms with E-state index in [9.17, 15) is 18.0 Å². The van der Waals surface area contributed by atoms with Gasteiger partial charge < -0.3 is 5.32 Å². The van der Waals surface area contributed by atoms with Crippen LogP contribution in [-0.4, -0.2) is 24.1 Å². The molecule has 9 heteroatoms. The smallest absolute Gasteiger partial charge is 0.267 e. The van der Waals surface area contributed by atoms with E-state index < -0.39 is 27.8 Å². The first-order valence-electron chi connectivity index (χ1n) is 8.63. The Morgan fingerprint density at radius 1 is 1.10 bits per heavy atom. The van der Waals surface area contributed by atoms with Crippen molar-refractivity contribution in [3.63, 3.8) is 0 Å². The average Bonchev–Trinajstić information content (AvgIpc) is 2.66. The number of hydrogen-bond acceptors (Lipinski definition) is 5. The second-order valence-electron chi connectivity index (χ2n) is 6.50. The fourth-order valence-corrected chi connectivity index (χ4v) is 4.19. The van der Waals surface area contributed by atoms with Crippen molar-refractivity contribution in [2.75, 3.05) is 5.32 Å². The van der Waals surface area contributed by atoms with Crippen molar-refractivity contribution in [1.29, 1.82) is 0 Å². The van der Waals surface area contributed by atoms with Crippen LogP contribution in [0.15, 0.2) is 73.8 Å². The van der Waals surface area contributed by atoms with Crippen LogP contribution in [-0.2, 0) is 21.2 Å². The summed E-state index contributed by atoms with van der Waals surface area (Å²) in [5.74, 6) is -0.494. The number of carbonyl (C=O) groups is 1. The van der Waals surface area contributed by atoms with Gasteiger partial charge in [-0.2, -0.15) is 5.10 Å². The van der Waals surface area contributed by atoms with E-state index >= 15 is 0 Å². The number of sulfone groups is 1. The number of halogens is 1. The second kappa shape index (κ2) is 8.30. The lowest BCUT2D eigenvalue weighted by atomic mass is 10.2. The Kier molecular flexibility index (Phi) is 5.99. The molecule has 0 fully saturated rings. The standard InChI is InChI=1S/C20H18BrN3O4S/c1-13-4-3-5-16(10-13)29(27,28)19-8-9-20(26)24(23-19)12-18(25)22-15-6-7-17(21)14(2)11-15/h3-11H,12H2,1-2H3,(H,22,25). The predicted octanol–water partition coefficient (Wildman–Crippen LogP) is 3.09. The van der Waals surface area contributed by atoms with Gasteiger partial charge in [0, 0.05) is 16.2 Å². The largest absolute Gasteiger partial charge is 0.324 e. The molecule has 1 heterocycles. The summed E-state index contributed by atoms with van der Waals surface area (Å²) in [6.45, 7) is 3.25. The molecule has 3 aromatic rings. The Morgan fingerprint density at radius 2 is 1.86 bits per heavy atom. The van der Waals surface area contributed by atoms with Crippen LogP contribution >= 0.6 is 15.9 Å². The summed E-state index contributed by atoms with van der Waals surface area (Å²) >= 11 is 3.38. The van der Waals surface area contributed by atoms with Crippen LogP contribution in [0, 0.1) is 13.8 Å². The molecule has 1 aromatic heterocycles. The molecule has 0 aliphatic rings. The third-order valence-electron chi connectivity index (χ3n) is 4.15. The van der Waals surface area contributed by atoms with Gasteiger partial charge in [-0.1, -0.05) is 28.1 Å². The zero-order valence-corrected chi connectivity index (χ0v) is 18.1. The summed E-state index contributed by atoms with van der Waals surface area (Å²) in [5.41, 5.74) is 1.70. The lowest BCUT2D eigenvalue weighted by molar-refractivity contribution is -0.117. The van der Waals surface area contributed by atoms with E-state index in [1.807, 2.05) is 6.92 Å². The highest BCUT2D eigenvalue weighted by molar-refractivity contribution is 9.10. The highest BCUT2D eigenvalue weighted by Gasteiger charge is 2.21. The third kappa shape index (κ3) is 4.80. The fourth-order valence-electron chi connectivity index (χ4n) is 2.65. The quantitative estimate of drug-likeness (QED) is 0.611. The average molecular weight is 476 g/mol. The Labute approximate surface area is 176 Å². The van der Waals surface area contributed by atoms with Crippen LogP contribution < -0.4 is 10.9 Å².